The third-order valence-corrected chi connectivity index (χ3v) is 4.16. The van der Waals surface area contributed by atoms with Gasteiger partial charge in [0.25, 0.3) is 15.9 Å². The second-order valence-electron chi connectivity index (χ2n) is 4.47. The summed E-state index contributed by atoms with van der Waals surface area (Å²) in [5.41, 5.74) is 0.140. The van der Waals surface area contributed by atoms with Crippen LogP contribution in [0.4, 0.5) is 0 Å². The van der Waals surface area contributed by atoms with Crippen molar-refractivity contribution in [3.05, 3.63) is 17.4 Å². The zero-order valence-electron chi connectivity index (χ0n) is 12.0. The predicted octanol–water partition coefficient (Wildman–Crippen LogP) is 0.433. The number of hydrogen-bond donors (Lipinski definition) is 2. The maximum absolute atomic E-state index is 12.2. The Morgan fingerprint density at radius 3 is 2.57 bits per heavy atom. The van der Waals surface area contributed by atoms with Gasteiger partial charge >= 0.3 is 5.97 Å². The number of furan rings is 1. The van der Waals surface area contributed by atoms with Crippen molar-refractivity contribution in [3.8, 4) is 0 Å². The molecule has 21 heavy (non-hydrogen) atoms. The lowest BCUT2D eigenvalue weighted by Gasteiger charge is -2.15. The number of carboxylic acids is 1. The number of rotatable bonds is 7. The minimum Gasteiger partial charge on any atom is -0.481 e. The molecule has 1 rings (SSSR count). The zero-order chi connectivity index (χ0) is 16.2. The first kappa shape index (κ1) is 17.2. The molecule has 2 N–H and O–H groups in total. The molecule has 0 saturated heterocycles. The smallest absolute Gasteiger partial charge is 0.303 e. The monoisotopic (exact) mass is 318 g/mol. The molecule has 0 aliphatic carbocycles. The number of amides is 1. The lowest BCUT2D eigenvalue weighted by molar-refractivity contribution is -0.137. The van der Waals surface area contributed by atoms with E-state index in [1.165, 1.54) is 25.9 Å². The van der Waals surface area contributed by atoms with Gasteiger partial charge in [0.1, 0.15) is 5.76 Å². The van der Waals surface area contributed by atoms with Crippen LogP contribution in [0.3, 0.4) is 0 Å². The Morgan fingerprint density at radius 1 is 1.43 bits per heavy atom. The highest BCUT2D eigenvalue weighted by Gasteiger charge is 2.24. The average molecular weight is 318 g/mol. The highest BCUT2D eigenvalue weighted by molar-refractivity contribution is 7.89. The van der Waals surface area contributed by atoms with E-state index in [0.717, 1.165) is 6.07 Å². The number of sulfonamides is 1. The van der Waals surface area contributed by atoms with E-state index < -0.39 is 21.9 Å². The van der Waals surface area contributed by atoms with E-state index in [1.807, 2.05) is 0 Å². The maximum atomic E-state index is 12.2. The Labute approximate surface area is 122 Å². The van der Waals surface area contributed by atoms with Gasteiger partial charge in [-0.05, 0) is 20.4 Å². The number of carbonyl (C=O) groups is 2. The fourth-order valence-electron chi connectivity index (χ4n) is 1.67. The maximum Gasteiger partial charge on any atom is 0.303 e. The van der Waals surface area contributed by atoms with Crippen LogP contribution in [-0.2, 0) is 14.8 Å². The summed E-state index contributed by atoms with van der Waals surface area (Å²) in [5, 5.41) is 8.23. The molecule has 0 fully saturated rings. The lowest BCUT2D eigenvalue weighted by Crippen LogP contribution is -2.28. The molecular formula is C12H18N2O6S. The molecule has 0 atom stereocenters. The number of nitrogens with one attached hydrogen (secondary N) is 1. The fourth-order valence-corrected chi connectivity index (χ4v) is 2.38. The van der Waals surface area contributed by atoms with Crippen molar-refractivity contribution in [2.75, 3.05) is 20.6 Å². The summed E-state index contributed by atoms with van der Waals surface area (Å²) in [6.45, 7) is 1.75. The van der Waals surface area contributed by atoms with Crippen LogP contribution in [-0.4, -0.2) is 50.9 Å². The number of aryl methyl sites for hydroxylation is 1. The van der Waals surface area contributed by atoms with Crippen molar-refractivity contribution in [3.63, 3.8) is 0 Å². The molecule has 118 valence electrons. The third-order valence-electron chi connectivity index (χ3n) is 2.89. The first-order valence-electron chi connectivity index (χ1n) is 6.20. The third kappa shape index (κ3) is 4.30. The van der Waals surface area contributed by atoms with Gasteiger partial charge in [-0.2, -0.15) is 0 Å². The Bertz CT molecular complexity index is 634. The Kier molecular flexibility index (Phi) is 5.50. The Morgan fingerprint density at radius 2 is 2.05 bits per heavy atom. The summed E-state index contributed by atoms with van der Waals surface area (Å²) in [6.07, 6.45) is 0.275. The molecule has 1 aromatic rings. The van der Waals surface area contributed by atoms with Crippen LogP contribution in [0.1, 0.15) is 29.0 Å². The molecule has 0 saturated carbocycles. The average Bonchev–Trinajstić information content (AvgIpc) is 2.80. The molecule has 0 radical (unpaired) electrons. The van der Waals surface area contributed by atoms with E-state index in [-0.39, 0.29) is 29.4 Å². The van der Waals surface area contributed by atoms with Crippen LogP contribution in [0.15, 0.2) is 15.6 Å². The normalized spacial score (nSPS) is 11.4. The fraction of sp³-hybridized carbons (Fsp3) is 0.500. The number of aliphatic carboxylic acids is 1. The molecular weight excluding hydrogens is 300 g/mol. The Balaban J connectivity index is 2.86. The minimum absolute atomic E-state index is 0.0403. The van der Waals surface area contributed by atoms with Crippen molar-refractivity contribution in [1.29, 1.82) is 0 Å². The molecule has 0 unspecified atom stereocenters. The summed E-state index contributed by atoms with van der Waals surface area (Å²) < 4.78 is 30.4. The summed E-state index contributed by atoms with van der Waals surface area (Å²) in [6, 6.07) is 1.16. The topological polar surface area (TPSA) is 117 Å². The van der Waals surface area contributed by atoms with Gasteiger partial charge in [0.05, 0.1) is 5.56 Å². The number of nitrogens with zero attached hydrogens (tertiary/aromatic N) is 1. The number of carbonyl (C=O) groups excluding carboxylic acids is 1. The van der Waals surface area contributed by atoms with Gasteiger partial charge in [-0.15, -0.1) is 0 Å². The van der Waals surface area contributed by atoms with Crippen LogP contribution < -0.4 is 4.72 Å². The molecule has 8 nitrogen and oxygen atoms in total. The van der Waals surface area contributed by atoms with Gasteiger partial charge in [0.15, 0.2) is 0 Å². The first-order chi connectivity index (χ1) is 9.69. The zero-order valence-corrected chi connectivity index (χ0v) is 12.9. The lowest BCUT2D eigenvalue weighted by atomic mass is 10.2. The number of hydrogen-bond acceptors (Lipinski definition) is 5. The standard InChI is InChI=1S/C12H18N2O6S/c1-8-9(7-11(20-8)21(18,19)13-2)12(17)14(3)6-4-5-10(15)16/h7,13H,4-6H2,1-3H3,(H,15,16). The van der Waals surface area contributed by atoms with Gasteiger partial charge in [0, 0.05) is 26.1 Å². The van der Waals surface area contributed by atoms with Gasteiger partial charge in [-0.1, -0.05) is 0 Å². The molecule has 0 aliphatic rings. The second-order valence-corrected chi connectivity index (χ2v) is 6.28. The molecule has 1 heterocycles. The molecule has 0 aliphatic heterocycles. The van der Waals surface area contributed by atoms with Gasteiger partial charge < -0.3 is 14.4 Å². The summed E-state index contributed by atoms with van der Waals surface area (Å²) in [4.78, 5) is 23.9. The highest BCUT2D eigenvalue weighted by Crippen LogP contribution is 2.20. The number of carboxylic acid groups (broad SMARTS) is 1. The summed E-state index contributed by atoms with van der Waals surface area (Å²) >= 11 is 0. The van der Waals surface area contributed by atoms with Crippen LogP contribution in [0.5, 0.6) is 0 Å². The van der Waals surface area contributed by atoms with Crippen molar-refractivity contribution in [2.45, 2.75) is 24.9 Å². The first-order valence-corrected chi connectivity index (χ1v) is 7.68. The quantitative estimate of drug-likeness (QED) is 0.753. The van der Waals surface area contributed by atoms with Crippen molar-refractivity contribution in [1.82, 2.24) is 9.62 Å². The van der Waals surface area contributed by atoms with E-state index >= 15 is 0 Å². The molecule has 1 amide bonds. The second kappa shape index (κ2) is 6.72. The van der Waals surface area contributed by atoms with Gasteiger partial charge in [0.2, 0.25) is 5.09 Å². The molecule has 0 spiro atoms. The predicted molar refractivity (Wildman–Crippen MR) is 73.5 cm³/mol. The molecule has 0 aromatic carbocycles. The van der Waals surface area contributed by atoms with Crippen molar-refractivity contribution >= 4 is 21.9 Å². The van der Waals surface area contributed by atoms with E-state index in [4.69, 9.17) is 9.52 Å². The van der Waals surface area contributed by atoms with Crippen LogP contribution in [0.2, 0.25) is 0 Å². The highest BCUT2D eigenvalue weighted by atomic mass is 32.2. The van der Waals surface area contributed by atoms with Crippen LogP contribution in [0.25, 0.3) is 0 Å². The Hall–Kier alpha value is -1.87. The van der Waals surface area contributed by atoms with E-state index in [1.54, 1.807) is 0 Å². The van der Waals surface area contributed by atoms with E-state index in [9.17, 15) is 18.0 Å². The van der Waals surface area contributed by atoms with Crippen molar-refractivity contribution in [2.24, 2.45) is 0 Å². The molecule has 1 aromatic heterocycles. The van der Waals surface area contributed by atoms with E-state index in [2.05, 4.69) is 4.72 Å². The largest absolute Gasteiger partial charge is 0.481 e. The SMILES string of the molecule is CNS(=O)(=O)c1cc(C(=O)N(C)CCCC(=O)O)c(C)o1. The van der Waals surface area contributed by atoms with Crippen molar-refractivity contribution < 1.29 is 27.5 Å². The van der Waals surface area contributed by atoms with Crippen LogP contribution in [0, 0.1) is 6.92 Å². The minimum atomic E-state index is -3.75. The molecule has 9 heteroatoms. The summed E-state index contributed by atoms with van der Waals surface area (Å²) in [7, 11) is -0.993. The summed E-state index contributed by atoms with van der Waals surface area (Å²) in [5.74, 6) is -1.16. The molecule has 0 bridgehead atoms. The van der Waals surface area contributed by atoms with Crippen LogP contribution >= 0.6 is 0 Å². The van der Waals surface area contributed by atoms with E-state index in [0.29, 0.717) is 6.42 Å². The van der Waals surface area contributed by atoms with Gasteiger partial charge in [-0.25, -0.2) is 13.1 Å². The van der Waals surface area contributed by atoms with Gasteiger partial charge in [-0.3, -0.25) is 9.59 Å².